The average molecular weight is 280 g/mol. The summed E-state index contributed by atoms with van der Waals surface area (Å²) in [6.45, 7) is 0.750. The lowest BCUT2D eigenvalue weighted by atomic mass is 10.2. The molecule has 0 fully saturated rings. The third kappa shape index (κ3) is 3.78. The van der Waals surface area contributed by atoms with E-state index in [4.69, 9.17) is 0 Å². The van der Waals surface area contributed by atoms with E-state index in [9.17, 15) is 4.79 Å². The number of nitrogens with zero attached hydrogens (tertiary/aromatic N) is 3. The summed E-state index contributed by atoms with van der Waals surface area (Å²) in [5.74, 6) is -0.207. The number of aromatic amines is 1. The van der Waals surface area contributed by atoms with Gasteiger partial charge < -0.3 is 9.64 Å². The predicted molar refractivity (Wildman–Crippen MR) is 73.1 cm³/mol. The zero-order valence-corrected chi connectivity index (χ0v) is 11.7. The van der Waals surface area contributed by atoms with E-state index in [2.05, 4.69) is 24.8 Å². The van der Waals surface area contributed by atoms with Crippen LogP contribution in [0.15, 0.2) is 17.8 Å². The van der Waals surface area contributed by atoms with Crippen LogP contribution in [-0.2, 0) is 22.5 Å². The Balaban J connectivity index is 1.90. The first kappa shape index (κ1) is 13.5. The highest BCUT2D eigenvalue weighted by molar-refractivity contribution is 7.13. The van der Waals surface area contributed by atoms with E-state index in [0.717, 1.165) is 22.9 Å². The molecule has 2 heterocycles. The Morgan fingerprint density at radius 1 is 1.58 bits per heavy atom. The van der Waals surface area contributed by atoms with Crippen LogP contribution < -0.4 is 4.90 Å². The van der Waals surface area contributed by atoms with E-state index in [1.165, 1.54) is 7.11 Å². The van der Waals surface area contributed by atoms with Gasteiger partial charge in [-0.1, -0.05) is 0 Å². The van der Waals surface area contributed by atoms with Crippen molar-refractivity contribution in [3.05, 3.63) is 29.0 Å². The Morgan fingerprint density at radius 2 is 2.42 bits per heavy atom. The van der Waals surface area contributed by atoms with Gasteiger partial charge in [0, 0.05) is 37.2 Å². The fourth-order valence-corrected chi connectivity index (χ4v) is 2.45. The summed E-state index contributed by atoms with van der Waals surface area (Å²) in [7, 11) is 3.38. The minimum atomic E-state index is -0.207. The minimum Gasteiger partial charge on any atom is -0.469 e. The van der Waals surface area contributed by atoms with Gasteiger partial charge in [0.15, 0.2) is 5.13 Å². The average Bonchev–Trinajstić information content (AvgIpc) is 3.06. The summed E-state index contributed by atoms with van der Waals surface area (Å²) < 4.78 is 4.61. The molecule has 0 atom stereocenters. The van der Waals surface area contributed by atoms with Gasteiger partial charge in [-0.15, -0.1) is 11.3 Å². The lowest BCUT2D eigenvalue weighted by Gasteiger charge is -2.13. The standard InChI is InChI=1S/C12H16N4O2S/c1-16(7-9-5-13-14-6-9)12-15-10(8-19-12)3-4-11(17)18-2/h5-6,8H,3-4,7H2,1-2H3,(H,13,14). The number of carbonyl (C=O) groups is 1. The van der Waals surface area contributed by atoms with Gasteiger partial charge in [0.1, 0.15) is 0 Å². The van der Waals surface area contributed by atoms with Crippen molar-refractivity contribution < 1.29 is 9.53 Å². The second-order valence-corrected chi connectivity index (χ2v) is 5.00. The number of esters is 1. The number of hydrogen-bond donors (Lipinski definition) is 1. The number of aromatic nitrogens is 3. The maximum absolute atomic E-state index is 11.1. The van der Waals surface area contributed by atoms with Gasteiger partial charge in [-0.05, 0) is 0 Å². The van der Waals surface area contributed by atoms with Crippen molar-refractivity contribution in [2.24, 2.45) is 0 Å². The van der Waals surface area contributed by atoms with Gasteiger partial charge in [-0.25, -0.2) is 4.98 Å². The molecule has 6 nitrogen and oxygen atoms in total. The Morgan fingerprint density at radius 3 is 3.11 bits per heavy atom. The zero-order chi connectivity index (χ0) is 13.7. The maximum Gasteiger partial charge on any atom is 0.305 e. The van der Waals surface area contributed by atoms with E-state index in [1.807, 2.05) is 18.6 Å². The molecule has 0 aliphatic rings. The number of thiazole rings is 1. The molecule has 0 amide bonds. The molecule has 0 bridgehead atoms. The number of nitrogens with one attached hydrogen (secondary N) is 1. The summed E-state index contributed by atoms with van der Waals surface area (Å²) in [5.41, 5.74) is 2.03. The van der Waals surface area contributed by atoms with Crippen molar-refractivity contribution >= 4 is 22.4 Å². The molecule has 0 aliphatic carbocycles. The molecule has 0 spiro atoms. The van der Waals surface area contributed by atoms with Crippen LogP contribution in [-0.4, -0.2) is 35.3 Å². The fraction of sp³-hybridized carbons (Fsp3) is 0.417. The minimum absolute atomic E-state index is 0.207. The Bertz CT molecular complexity index is 524. The van der Waals surface area contributed by atoms with Crippen LogP contribution >= 0.6 is 11.3 Å². The summed E-state index contributed by atoms with van der Waals surface area (Å²) in [6.07, 6.45) is 4.64. The van der Waals surface area contributed by atoms with E-state index in [0.29, 0.717) is 12.8 Å². The van der Waals surface area contributed by atoms with Crippen LogP contribution in [0.3, 0.4) is 0 Å². The molecule has 2 rings (SSSR count). The molecule has 0 saturated carbocycles. The second kappa shape index (κ2) is 6.33. The van der Waals surface area contributed by atoms with Crippen LogP contribution in [0.25, 0.3) is 0 Å². The Kier molecular flexibility index (Phi) is 4.51. The number of H-pyrrole nitrogens is 1. The molecule has 0 saturated heterocycles. The van der Waals surface area contributed by atoms with Gasteiger partial charge in [0.25, 0.3) is 0 Å². The molecule has 7 heteroatoms. The van der Waals surface area contributed by atoms with E-state index in [1.54, 1.807) is 17.5 Å². The lowest BCUT2D eigenvalue weighted by Crippen LogP contribution is -2.15. The molecule has 2 aromatic heterocycles. The highest BCUT2D eigenvalue weighted by atomic mass is 32.1. The molecule has 0 aromatic carbocycles. The normalized spacial score (nSPS) is 10.4. The van der Waals surface area contributed by atoms with Gasteiger partial charge in [-0.2, -0.15) is 5.10 Å². The Labute approximate surface area is 115 Å². The number of hydrogen-bond acceptors (Lipinski definition) is 6. The molecule has 1 N–H and O–H groups in total. The molecule has 0 unspecified atom stereocenters. The largest absolute Gasteiger partial charge is 0.469 e. The van der Waals surface area contributed by atoms with Gasteiger partial charge in [-0.3, -0.25) is 9.89 Å². The summed E-state index contributed by atoms with van der Waals surface area (Å²) >= 11 is 1.57. The first-order chi connectivity index (χ1) is 9.19. The van der Waals surface area contributed by atoms with Crippen molar-refractivity contribution in [2.75, 3.05) is 19.1 Å². The molecule has 0 radical (unpaired) electrons. The lowest BCUT2D eigenvalue weighted by molar-refractivity contribution is -0.140. The number of rotatable bonds is 6. The third-order valence-electron chi connectivity index (χ3n) is 2.65. The number of ether oxygens (including phenoxy) is 1. The van der Waals surface area contributed by atoms with Crippen molar-refractivity contribution in [3.8, 4) is 0 Å². The van der Waals surface area contributed by atoms with E-state index in [-0.39, 0.29) is 5.97 Å². The molecule has 0 aliphatic heterocycles. The predicted octanol–water partition coefficient (Wildman–Crippen LogP) is 1.61. The van der Waals surface area contributed by atoms with Crippen molar-refractivity contribution in [2.45, 2.75) is 19.4 Å². The van der Waals surface area contributed by atoms with Crippen LogP contribution in [0.5, 0.6) is 0 Å². The smallest absolute Gasteiger partial charge is 0.305 e. The van der Waals surface area contributed by atoms with Crippen LogP contribution in [0.1, 0.15) is 17.7 Å². The Hall–Kier alpha value is -1.89. The molecule has 19 heavy (non-hydrogen) atoms. The SMILES string of the molecule is COC(=O)CCc1csc(N(C)Cc2cn[nH]c2)n1. The number of anilines is 1. The van der Waals surface area contributed by atoms with Gasteiger partial charge >= 0.3 is 5.97 Å². The van der Waals surface area contributed by atoms with Crippen LogP contribution in [0, 0.1) is 0 Å². The van der Waals surface area contributed by atoms with Crippen molar-refractivity contribution in [1.29, 1.82) is 0 Å². The topological polar surface area (TPSA) is 71.1 Å². The number of carbonyl (C=O) groups excluding carboxylic acids is 1. The summed E-state index contributed by atoms with van der Waals surface area (Å²) in [4.78, 5) is 17.6. The molecule has 2 aromatic rings. The van der Waals surface area contributed by atoms with E-state index < -0.39 is 0 Å². The fourth-order valence-electron chi connectivity index (χ4n) is 1.62. The molecular weight excluding hydrogens is 264 g/mol. The second-order valence-electron chi connectivity index (χ2n) is 4.16. The van der Waals surface area contributed by atoms with Crippen molar-refractivity contribution in [3.63, 3.8) is 0 Å². The van der Waals surface area contributed by atoms with E-state index >= 15 is 0 Å². The molecule has 102 valence electrons. The highest BCUT2D eigenvalue weighted by Gasteiger charge is 2.09. The van der Waals surface area contributed by atoms with Gasteiger partial charge in [0.05, 0.1) is 25.4 Å². The quantitative estimate of drug-likeness (QED) is 0.814. The van der Waals surface area contributed by atoms with Gasteiger partial charge in [0.2, 0.25) is 0 Å². The van der Waals surface area contributed by atoms with Crippen LogP contribution in [0.4, 0.5) is 5.13 Å². The van der Waals surface area contributed by atoms with Crippen molar-refractivity contribution in [1.82, 2.24) is 15.2 Å². The summed E-state index contributed by atoms with van der Waals surface area (Å²) in [6, 6.07) is 0. The molecular formula is C12H16N4O2S. The zero-order valence-electron chi connectivity index (χ0n) is 10.9. The van der Waals surface area contributed by atoms with Crippen LogP contribution in [0.2, 0.25) is 0 Å². The first-order valence-electron chi connectivity index (χ1n) is 5.89. The third-order valence-corrected chi connectivity index (χ3v) is 3.66. The monoisotopic (exact) mass is 280 g/mol. The first-order valence-corrected chi connectivity index (χ1v) is 6.77. The number of aryl methyl sites for hydroxylation is 1. The maximum atomic E-state index is 11.1. The summed E-state index contributed by atoms with van der Waals surface area (Å²) in [5, 5.41) is 9.61. The highest BCUT2D eigenvalue weighted by Crippen LogP contribution is 2.21. The number of methoxy groups -OCH3 is 1.